The largest absolute Gasteiger partial charge is 0.474 e. The highest BCUT2D eigenvalue weighted by atomic mass is 16.5. The van der Waals surface area contributed by atoms with Gasteiger partial charge < -0.3 is 19.9 Å². The van der Waals surface area contributed by atoms with E-state index in [4.69, 9.17) is 10.2 Å². The van der Waals surface area contributed by atoms with Gasteiger partial charge in [-0.2, -0.15) is 0 Å². The molecule has 2 fully saturated rings. The number of carbonyl (C=O) groups excluding carboxylic acids is 2. The first-order chi connectivity index (χ1) is 17.6. The topological polar surface area (TPSA) is 87.7 Å². The highest BCUT2D eigenvalue weighted by molar-refractivity contribution is 5.98. The molecule has 3 aliphatic rings. The molecule has 0 spiro atoms. The lowest BCUT2D eigenvalue weighted by molar-refractivity contribution is -0.118. The normalized spacial score (nSPS) is 24.2. The Balaban J connectivity index is 1.18. The first-order valence-corrected chi connectivity index (χ1v) is 10.8. The van der Waals surface area contributed by atoms with Crippen LogP contribution in [0.15, 0.2) is 54.9 Å². The minimum Gasteiger partial charge on any atom is -0.474 e. The highest BCUT2D eigenvalue weighted by Crippen LogP contribution is 2.39. The fourth-order valence-corrected chi connectivity index (χ4v) is 4.33. The van der Waals surface area contributed by atoms with Crippen LogP contribution in [-0.2, 0) is 9.59 Å². The fourth-order valence-electron chi connectivity index (χ4n) is 4.33. The summed E-state index contributed by atoms with van der Waals surface area (Å²) in [5.74, 6) is 0.517. The van der Waals surface area contributed by atoms with Crippen molar-refractivity contribution in [3.8, 4) is 17.0 Å². The number of benzene rings is 1. The number of ether oxygens (including phenoxy) is 1. The Morgan fingerprint density at radius 2 is 1.85 bits per heavy atom. The molecule has 3 aliphatic heterocycles. The van der Waals surface area contributed by atoms with Gasteiger partial charge in [0.05, 0.1) is 17.9 Å². The van der Waals surface area contributed by atoms with Crippen LogP contribution >= 0.6 is 0 Å². The molecule has 2 saturated heterocycles. The Bertz CT molecular complexity index is 1400. The molecule has 2 aromatic heterocycles. The van der Waals surface area contributed by atoms with E-state index in [-0.39, 0.29) is 11.9 Å². The molecule has 0 unspecified atom stereocenters. The third-order valence-electron chi connectivity index (χ3n) is 6.00. The molecule has 0 saturated carbocycles. The van der Waals surface area contributed by atoms with Crippen molar-refractivity contribution in [2.75, 3.05) is 28.2 Å². The lowest BCUT2D eigenvalue weighted by Crippen LogP contribution is -2.40. The van der Waals surface area contributed by atoms with Crippen molar-refractivity contribution in [1.29, 1.82) is 0 Å². The monoisotopic (exact) mass is 445 g/mol. The Hall–Kier alpha value is -3.94. The van der Waals surface area contributed by atoms with E-state index in [1.165, 1.54) is 0 Å². The fraction of sp³-hybridized carbons (Fsp3) is 0.280. The molecule has 6 rings (SSSR count). The third kappa shape index (κ3) is 3.57. The molecule has 1 atom stereocenters. The lowest BCUT2D eigenvalue weighted by Gasteiger charge is -2.31. The Labute approximate surface area is 196 Å². The molecule has 1 aromatic carbocycles. The van der Waals surface area contributed by atoms with Crippen molar-refractivity contribution in [3.05, 3.63) is 54.9 Å². The first kappa shape index (κ1) is 15.8. The number of rotatable bonds is 4. The third-order valence-corrected chi connectivity index (χ3v) is 6.00. The van der Waals surface area contributed by atoms with Crippen LogP contribution in [0.25, 0.3) is 11.1 Å². The Kier molecular flexibility index (Phi) is 3.77. The standard InChI is InChI=1S/C25H23N5O3/c31-23-2-1-11-29(23)19-6-3-16(4-7-19)17-5-9-22(26-13-17)28-18-12-21-25(27-14-18)33-15-20-8-10-24(32)30(20)21/h3-7,9,12-14,20H,1-2,8,10-11,15H2,(H,26,28)/t20-/m0/s1/i1D2,11D2. The maximum Gasteiger partial charge on any atom is 0.238 e. The van der Waals surface area contributed by atoms with Gasteiger partial charge in [-0.3, -0.25) is 9.59 Å². The van der Waals surface area contributed by atoms with Crippen LogP contribution in [0.1, 0.15) is 31.1 Å². The van der Waals surface area contributed by atoms with Gasteiger partial charge in [0.15, 0.2) is 0 Å². The summed E-state index contributed by atoms with van der Waals surface area (Å²) in [6.45, 7) is -1.97. The number of hydrogen-bond acceptors (Lipinski definition) is 6. The number of hydrogen-bond donors (Lipinski definition) is 1. The molecule has 8 nitrogen and oxygen atoms in total. The zero-order chi connectivity index (χ0) is 25.9. The summed E-state index contributed by atoms with van der Waals surface area (Å²) in [7, 11) is 0. The van der Waals surface area contributed by atoms with Crippen molar-refractivity contribution >= 4 is 34.7 Å². The predicted molar refractivity (Wildman–Crippen MR) is 125 cm³/mol. The quantitative estimate of drug-likeness (QED) is 0.655. The maximum absolute atomic E-state index is 12.3. The van der Waals surface area contributed by atoms with Crippen molar-refractivity contribution in [3.63, 3.8) is 0 Å². The highest BCUT2D eigenvalue weighted by Gasteiger charge is 2.38. The molecule has 3 aromatic rings. The van der Waals surface area contributed by atoms with E-state index in [2.05, 4.69) is 15.3 Å². The molecule has 0 radical (unpaired) electrons. The summed E-state index contributed by atoms with van der Waals surface area (Å²) < 4.78 is 37.6. The van der Waals surface area contributed by atoms with Crippen molar-refractivity contribution in [2.45, 2.75) is 31.7 Å². The van der Waals surface area contributed by atoms with Gasteiger partial charge in [0, 0.05) is 42.3 Å². The number of fused-ring (bicyclic) bond motifs is 3. The number of amides is 2. The second-order valence-electron chi connectivity index (χ2n) is 8.11. The first-order valence-electron chi connectivity index (χ1n) is 12.8. The van der Waals surface area contributed by atoms with Gasteiger partial charge in [0.2, 0.25) is 17.7 Å². The smallest absolute Gasteiger partial charge is 0.238 e. The average molecular weight is 446 g/mol. The Morgan fingerprint density at radius 1 is 1.00 bits per heavy atom. The van der Waals surface area contributed by atoms with E-state index in [0.717, 1.165) is 22.4 Å². The zero-order valence-electron chi connectivity index (χ0n) is 21.6. The van der Waals surface area contributed by atoms with Gasteiger partial charge in [0.1, 0.15) is 18.1 Å². The number of aromatic nitrogens is 2. The van der Waals surface area contributed by atoms with Gasteiger partial charge in [0.25, 0.3) is 0 Å². The van der Waals surface area contributed by atoms with Crippen LogP contribution in [-0.4, -0.2) is 40.9 Å². The summed E-state index contributed by atoms with van der Waals surface area (Å²) in [4.78, 5) is 36.1. The van der Waals surface area contributed by atoms with Gasteiger partial charge in [-0.05, 0) is 48.7 Å². The molecule has 166 valence electrons. The maximum atomic E-state index is 12.3. The van der Waals surface area contributed by atoms with E-state index in [1.54, 1.807) is 47.6 Å². The zero-order valence-corrected chi connectivity index (χ0v) is 17.6. The number of pyridine rings is 2. The van der Waals surface area contributed by atoms with Crippen LogP contribution in [0, 0.1) is 0 Å². The number of anilines is 4. The van der Waals surface area contributed by atoms with Gasteiger partial charge in [-0.15, -0.1) is 0 Å². The van der Waals surface area contributed by atoms with Gasteiger partial charge in [-0.25, -0.2) is 9.97 Å². The minimum atomic E-state index is -2.43. The summed E-state index contributed by atoms with van der Waals surface area (Å²) in [6, 6.07) is 12.3. The van der Waals surface area contributed by atoms with Crippen molar-refractivity contribution in [2.24, 2.45) is 0 Å². The van der Waals surface area contributed by atoms with Crippen molar-refractivity contribution < 1.29 is 19.8 Å². The van der Waals surface area contributed by atoms with E-state index in [9.17, 15) is 9.59 Å². The number of carbonyl (C=O) groups is 2. The van der Waals surface area contributed by atoms with Gasteiger partial charge in [-0.1, -0.05) is 12.1 Å². The van der Waals surface area contributed by atoms with Crippen LogP contribution in [0.5, 0.6) is 5.88 Å². The average Bonchev–Trinajstić information content (AvgIpc) is 3.32. The van der Waals surface area contributed by atoms with Crippen molar-refractivity contribution in [1.82, 2.24) is 9.97 Å². The van der Waals surface area contributed by atoms with E-state index in [0.29, 0.717) is 41.8 Å². The van der Waals surface area contributed by atoms with E-state index in [1.807, 2.05) is 12.1 Å². The molecule has 33 heavy (non-hydrogen) atoms. The Morgan fingerprint density at radius 3 is 2.61 bits per heavy atom. The summed E-state index contributed by atoms with van der Waals surface area (Å²) in [5.41, 5.74) is 3.26. The number of nitrogens with zero attached hydrogens (tertiary/aromatic N) is 4. The second-order valence-corrected chi connectivity index (χ2v) is 8.11. The van der Waals surface area contributed by atoms with Crippen LogP contribution in [0.3, 0.4) is 0 Å². The minimum absolute atomic E-state index is 0.0459. The van der Waals surface area contributed by atoms with E-state index >= 15 is 0 Å². The summed E-state index contributed by atoms with van der Waals surface area (Å²) >= 11 is 0. The molecule has 0 bridgehead atoms. The molecule has 8 heteroatoms. The SMILES string of the molecule is [2H]C1([2H])CC(=O)N(c2ccc(-c3ccc(Nc4cnc5c(c4)N4C(=O)CC[C@H]4CO5)nc3)cc2)C1([2H])[2H]. The molecule has 2 amide bonds. The van der Waals surface area contributed by atoms with Gasteiger partial charge >= 0.3 is 0 Å². The molecule has 0 aliphatic carbocycles. The molecule has 1 N–H and O–H groups in total. The predicted octanol–water partition coefficient (Wildman–Crippen LogP) is 3.90. The van der Waals surface area contributed by atoms with Crippen LogP contribution in [0.4, 0.5) is 22.9 Å². The molecular weight excluding hydrogens is 418 g/mol. The lowest BCUT2D eigenvalue weighted by atomic mass is 10.1. The summed E-state index contributed by atoms with van der Waals surface area (Å²) in [6.07, 6.45) is 1.84. The molecular formula is C25H23N5O3. The van der Waals surface area contributed by atoms with Crippen LogP contribution < -0.4 is 19.9 Å². The van der Waals surface area contributed by atoms with E-state index < -0.39 is 25.2 Å². The summed E-state index contributed by atoms with van der Waals surface area (Å²) in [5, 5.41) is 3.21. The number of nitrogens with one attached hydrogen (secondary N) is 1. The molecule has 5 heterocycles. The van der Waals surface area contributed by atoms with Crippen LogP contribution in [0.2, 0.25) is 0 Å². The second kappa shape index (κ2) is 7.88.